The molecule has 100 valence electrons. The van der Waals surface area contributed by atoms with Gasteiger partial charge in [0.25, 0.3) is 0 Å². The number of rotatable bonds is 5. The molecule has 0 amide bonds. The van der Waals surface area contributed by atoms with E-state index in [0.29, 0.717) is 16.9 Å². The van der Waals surface area contributed by atoms with Crippen LogP contribution in [0.1, 0.15) is 53.9 Å². The van der Waals surface area contributed by atoms with Crippen LogP contribution in [0, 0.1) is 16.7 Å². The van der Waals surface area contributed by atoms with Crippen LogP contribution < -0.4 is 5.32 Å². The summed E-state index contributed by atoms with van der Waals surface area (Å²) < 4.78 is 0. The van der Waals surface area contributed by atoms with E-state index in [-0.39, 0.29) is 0 Å². The standard InChI is InChI=1S/C15H29NS/c1-6-17-10-11(2)16-13-9-12-7-8-15(13,5)14(12,3)4/h11-13,16H,6-10H2,1-5H3. The molecule has 0 aromatic heterocycles. The maximum Gasteiger partial charge on any atom is 0.0132 e. The number of hydrogen-bond acceptors (Lipinski definition) is 2. The van der Waals surface area contributed by atoms with E-state index in [4.69, 9.17) is 0 Å². The van der Waals surface area contributed by atoms with Crippen LogP contribution in [-0.2, 0) is 0 Å². The minimum atomic E-state index is 0.531. The van der Waals surface area contributed by atoms with E-state index in [1.54, 1.807) is 0 Å². The molecule has 0 heterocycles. The lowest BCUT2D eigenvalue weighted by Gasteiger charge is -2.40. The molecular formula is C15H29NS. The lowest BCUT2D eigenvalue weighted by molar-refractivity contribution is 0.117. The van der Waals surface area contributed by atoms with Crippen molar-refractivity contribution in [2.24, 2.45) is 16.7 Å². The first-order valence-electron chi connectivity index (χ1n) is 7.25. The summed E-state index contributed by atoms with van der Waals surface area (Å²) in [5, 5.41) is 3.92. The molecule has 1 nitrogen and oxygen atoms in total. The molecule has 0 aromatic rings. The van der Waals surface area contributed by atoms with Crippen LogP contribution in [0.3, 0.4) is 0 Å². The second kappa shape index (κ2) is 4.77. The van der Waals surface area contributed by atoms with Gasteiger partial charge in [-0.25, -0.2) is 0 Å². The summed E-state index contributed by atoms with van der Waals surface area (Å²) in [5.74, 6) is 3.45. The first-order chi connectivity index (χ1) is 7.91. The number of nitrogens with one attached hydrogen (secondary N) is 1. The van der Waals surface area contributed by atoms with Gasteiger partial charge in [0, 0.05) is 17.8 Å². The summed E-state index contributed by atoms with van der Waals surface area (Å²) in [5.41, 5.74) is 1.07. The van der Waals surface area contributed by atoms with E-state index in [2.05, 4.69) is 51.7 Å². The lowest BCUT2D eigenvalue weighted by Crippen LogP contribution is -2.48. The van der Waals surface area contributed by atoms with E-state index in [1.165, 1.54) is 30.8 Å². The Balaban J connectivity index is 1.96. The van der Waals surface area contributed by atoms with Gasteiger partial charge in [-0.15, -0.1) is 0 Å². The highest BCUT2D eigenvalue weighted by Gasteiger charge is 2.61. The van der Waals surface area contributed by atoms with E-state index in [9.17, 15) is 0 Å². The topological polar surface area (TPSA) is 12.0 Å². The highest BCUT2D eigenvalue weighted by Crippen LogP contribution is 2.65. The molecule has 2 rings (SSSR count). The Bertz CT molecular complexity index is 276. The SMILES string of the molecule is CCSCC(C)NC1CC2CCC1(C)C2(C)C. The van der Waals surface area contributed by atoms with Crippen LogP contribution in [0.5, 0.6) is 0 Å². The van der Waals surface area contributed by atoms with Gasteiger partial charge >= 0.3 is 0 Å². The van der Waals surface area contributed by atoms with Gasteiger partial charge in [0.2, 0.25) is 0 Å². The Morgan fingerprint density at radius 1 is 1.35 bits per heavy atom. The zero-order chi connectivity index (χ0) is 12.7. The summed E-state index contributed by atoms with van der Waals surface area (Å²) in [6.45, 7) is 12.1. The van der Waals surface area contributed by atoms with Gasteiger partial charge in [0.15, 0.2) is 0 Å². The fraction of sp³-hybridized carbons (Fsp3) is 1.00. The third kappa shape index (κ3) is 2.16. The van der Waals surface area contributed by atoms with E-state index in [1.807, 2.05) is 0 Å². The second-order valence-electron chi connectivity index (χ2n) is 6.89. The van der Waals surface area contributed by atoms with Crippen LogP contribution in [-0.4, -0.2) is 23.6 Å². The Morgan fingerprint density at radius 3 is 2.53 bits per heavy atom. The average molecular weight is 255 g/mol. The quantitative estimate of drug-likeness (QED) is 0.799. The largest absolute Gasteiger partial charge is 0.310 e. The van der Waals surface area contributed by atoms with Crippen LogP contribution in [0.25, 0.3) is 0 Å². The lowest BCUT2D eigenvalue weighted by atomic mass is 9.69. The summed E-state index contributed by atoms with van der Waals surface area (Å²) in [4.78, 5) is 0. The van der Waals surface area contributed by atoms with Gasteiger partial charge in [-0.2, -0.15) is 11.8 Å². The third-order valence-electron chi connectivity index (χ3n) is 5.85. The molecule has 4 atom stereocenters. The molecule has 0 aliphatic heterocycles. The van der Waals surface area contributed by atoms with Gasteiger partial charge < -0.3 is 5.32 Å². The fourth-order valence-electron chi connectivity index (χ4n) is 4.14. The summed E-state index contributed by atoms with van der Waals surface area (Å²) in [7, 11) is 0. The molecule has 2 bridgehead atoms. The van der Waals surface area contributed by atoms with Crippen LogP contribution in [0.4, 0.5) is 0 Å². The molecule has 4 unspecified atom stereocenters. The predicted molar refractivity (Wildman–Crippen MR) is 78.6 cm³/mol. The number of fused-ring (bicyclic) bond motifs is 2. The van der Waals surface area contributed by atoms with E-state index in [0.717, 1.165) is 12.0 Å². The van der Waals surface area contributed by atoms with Crippen molar-refractivity contribution in [3.63, 3.8) is 0 Å². The van der Waals surface area contributed by atoms with E-state index >= 15 is 0 Å². The van der Waals surface area contributed by atoms with Gasteiger partial charge in [-0.1, -0.05) is 27.7 Å². The minimum Gasteiger partial charge on any atom is -0.310 e. The van der Waals surface area contributed by atoms with Crippen LogP contribution in [0.15, 0.2) is 0 Å². The highest BCUT2D eigenvalue weighted by atomic mass is 32.2. The summed E-state index contributed by atoms with van der Waals surface area (Å²) in [6, 6.07) is 1.42. The van der Waals surface area contributed by atoms with E-state index < -0.39 is 0 Å². The Kier molecular flexibility index (Phi) is 3.85. The molecular weight excluding hydrogens is 226 g/mol. The first kappa shape index (κ1) is 13.7. The molecule has 2 fully saturated rings. The molecule has 1 N–H and O–H groups in total. The van der Waals surface area contributed by atoms with Crippen molar-refractivity contribution in [2.75, 3.05) is 11.5 Å². The fourth-order valence-corrected chi connectivity index (χ4v) is 4.83. The maximum atomic E-state index is 3.92. The molecule has 2 heteroatoms. The van der Waals surface area contributed by atoms with Crippen molar-refractivity contribution in [1.82, 2.24) is 5.32 Å². The monoisotopic (exact) mass is 255 g/mol. The molecule has 17 heavy (non-hydrogen) atoms. The second-order valence-corrected chi connectivity index (χ2v) is 8.21. The Labute approximate surface area is 112 Å². The van der Waals surface area contributed by atoms with Crippen molar-refractivity contribution in [1.29, 1.82) is 0 Å². The van der Waals surface area contributed by atoms with Gasteiger partial charge in [0.1, 0.15) is 0 Å². The van der Waals surface area contributed by atoms with Gasteiger partial charge in [0.05, 0.1) is 0 Å². The van der Waals surface area contributed by atoms with Crippen molar-refractivity contribution >= 4 is 11.8 Å². The summed E-state index contributed by atoms with van der Waals surface area (Å²) in [6.07, 6.45) is 4.29. The molecule has 0 radical (unpaired) electrons. The Morgan fingerprint density at radius 2 is 2.06 bits per heavy atom. The summed E-state index contributed by atoms with van der Waals surface area (Å²) >= 11 is 2.06. The molecule has 2 aliphatic carbocycles. The first-order valence-corrected chi connectivity index (χ1v) is 8.41. The maximum absolute atomic E-state index is 3.92. The normalized spacial score (nSPS) is 40.8. The van der Waals surface area contributed by atoms with Crippen molar-refractivity contribution in [3.8, 4) is 0 Å². The molecule has 2 saturated carbocycles. The highest BCUT2D eigenvalue weighted by molar-refractivity contribution is 7.99. The Hall–Kier alpha value is 0.310. The number of thioether (sulfide) groups is 1. The number of hydrogen-bond donors (Lipinski definition) is 1. The van der Waals surface area contributed by atoms with Crippen LogP contribution >= 0.6 is 11.8 Å². The van der Waals surface area contributed by atoms with Crippen LogP contribution in [0.2, 0.25) is 0 Å². The predicted octanol–water partition coefficient (Wildman–Crippen LogP) is 3.93. The zero-order valence-corrected chi connectivity index (χ0v) is 13.0. The van der Waals surface area contributed by atoms with Gasteiger partial charge in [-0.3, -0.25) is 0 Å². The average Bonchev–Trinajstić information content (AvgIpc) is 2.59. The minimum absolute atomic E-state index is 0.531. The third-order valence-corrected chi connectivity index (χ3v) is 7.00. The van der Waals surface area contributed by atoms with Crippen molar-refractivity contribution in [2.45, 2.75) is 66.0 Å². The molecule has 0 saturated heterocycles. The zero-order valence-electron chi connectivity index (χ0n) is 12.2. The van der Waals surface area contributed by atoms with Crippen molar-refractivity contribution < 1.29 is 0 Å². The smallest absolute Gasteiger partial charge is 0.0132 e. The van der Waals surface area contributed by atoms with Crippen molar-refractivity contribution in [3.05, 3.63) is 0 Å². The molecule has 0 aromatic carbocycles. The van der Waals surface area contributed by atoms with Gasteiger partial charge in [-0.05, 0) is 48.7 Å². The molecule has 0 spiro atoms. The molecule has 2 aliphatic rings.